The Morgan fingerprint density at radius 2 is 2.22 bits per heavy atom. The molecule has 6 heteroatoms. The number of methoxy groups -OCH3 is 1. The number of nitrogens with two attached hydrogens (primary N) is 1. The fourth-order valence-corrected chi connectivity index (χ4v) is 2.14. The highest BCUT2D eigenvalue weighted by Gasteiger charge is 2.22. The van der Waals surface area contributed by atoms with E-state index in [1.807, 2.05) is 11.8 Å². The molecule has 0 radical (unpaired) electrons. The summed E-state index contributed by atoms with van der Waals surface area (Å²) < 4.78 is 10.9. The van der Waals surface area contributed by atoms with Crippen LogP contribution in [0.3, 0.4) is 0 Å². The van der Waals surface area contributed by atoms with E-state index in [0.29, 0.717) is 17.1 Å². The summed E-state index contributed by atoms with van der Waals surface area (Å²) in [5.74, 6) is 2.02. The first-order valence-corrected chi connectivity index (χ1v) is 6.68. The second-order valence-corrected chi connectivity index (χ2v) is 5.08. The van der Waals surface area contributed by atoms with Crippen molar-refractivity contribution in [1.29, 1.82) is 0 Å². The summed E-state index contributed by atoms with van der Waals surface area (Å²) in [4.78, 5) is 10.8. The van der Waals surface area contributed by atoms with Gasteiger partial charge in [-0.3, -0.25) is 4.79 Å². The SMILES string of the molecule is COc1cc(C(N)C(=O)O)ccc1OC1CSC1. The van der Waals surface area contributed by atoms with Crippen LogP contribution in [0.25, 0.3) is 0 Å². The molecule has 5 nitrogen and oxygen atoms in total. The van der Waals surface area contributed by atoms with E-state index < -0.39 is 12.0 Å². The Labute approximate surface area is 109 Å². The van der Waals surface area contributed by atoms with Crippen LogP contribution in [-0.2, 0) is 4.79 Å². The summed E-state index contributed by atoms with van der Waals surface area (Å²) in [5, 5.41) is 8.86. The number of hydrogen-bond acceptors (Lipinski definition) is 5. The molecule has 18 heavy (non-hydrogen) atoms. The van der Waals surface area contributed by atoms with Gasteiger partial charge in [0, 0.05) is 11.5 Å². The van der Waals surface area contributed by atoms with E-state index in [9.17, 15) is 4.79 Å². The number of carbonyl (C=O) groups is 1. The zero-order chi connectivity index (χ0) is 13.1. The third-order valence-electron chi connectivity index (χ3n) is 2.71. The van der Waals surface area contributed by atoms with Crippen molar-refractivity contribution in [2.75, 3.05) is 18.6 Å². The molecule has 2 rings (SSSR count). The molecule has 1 aromatic carbocycles. The van der Waals surface area contributed by atoms with E-state index in [1.54, 1.807) is 18.2 Å². The minimum Gasteiger partial charge on any atom is -0.493 e. The van der Waals surface area contributed by atoms with E-state index in [1.165, 1.54) is 7.11 Å². The molecule has 1 unspecified atom stereocenters. The smallest absolute Gasteiger partial charge is 0.325 e. The van der Waals surface area contributed by atoms with Crippen LogP contribution < -0.4 is 15.2 Å². The maximum absolute atomic E-state index is 10.8. The molecule has 1 atom stereocenters. The largest absolute Gasteiger partial charge is 0.493 e. The van der Waals surface area contributed by atoms with E-state index in [0.717, 1.165) is 11.5 Å². The van der Waals surface area contributed by atoms with Gasteiger partial charge in [0.1, 0.15) is 12.1 Å². The van der Waals surface area contributed by atoms with E-state index >= 15 is 0 Å². The standard InChI is InChI=1S/C12H15NO4S/c1-16-10-4-7(11(13)12(14)15)2-3-9(10)17-8-5-18-6-8/h2-4,8,11H,5-6,13H2,1H3,(H,14,15). The van der Waals surface area contributed by atoms with Gasteiger partial charge in [0.2, 0.25) is 0 Å². The summed E-state index contributed by atoms with van der Waals surface area (Å²) >= 11 is 1.83. The van der Waals surface area contributed by atoms with Crippen LogP contribution in [0.1, 0.15) is 11.6 Å². The number of benzene rings is 1. The molecule has 0 spiro atoms. The molecule has 1 aliphatic rings. The first kappa shape index (κ1) is 13.0. The minimum atomic E-state index is -1.07. The van der Waals surface area contributed by atoms with Gasteiger partial charge in [-0.05, 0) is 17.7 Å². The molecule has 0 amide bonds. The molecule has 0 bridgehead atoms. The van der Waals surface area contributed by atoms with Crippen LogP contribution in [0.4, 0.5) is 0 Å². The fourth-order valence-electron chi connectivity index (χ4n) is 1.58. The second kappa shape index (κ2) is 5.49. The van der Waals surface area contributed by atoms with Gasteiger partial charge in [0.05, 0.1) is 7.11 Å². The molecule has 0 aromatic heterocycles. The van der Waals surface area contributed by atoms with Crippen LogP contribution in [0.5, 0.6) is 11.5 Å². The zero-order valence-corrected chi connectivity index (χ0v) is 10.8. The quantitative estimate of drug-likeness (QED) is 0.838. The molecule has 1 saturated heterocycles. The highest BCUT2D eigenvalue weighted by molar-refractivity contribution is 8.00. The topological polar surface area (TPSA) is 81.8 Å². The summed E-state index contributed by atoms with van der Waals surface area (Å²) in [6.07, 6.45) is 0.211. The fraction of sp³-hybridized carbons (Fsp3) is 0.417. The Morgan fingerprint density at radius 1 is 1.50 bits per heavy atom. The van der Waals surface area contributed by atoms with Gasteiger partial charge < -0.3 is 20.3 Å². The van der Waals surface area contributed by atoms with Gasteiger partial charge in [-0.25, -0.2) is 0 Å². The number of carboxylic acids is 1. The monoisotopic (exact) mass is 269 g/mol. The lowest BCUT2D eigenvalue weighted by molar-refractivity contribution is -0.138. The Kier molecular flexibility index (Phi) is 3.98. The zero-order valence-electron chi connectivity index (χ0n) is 9.96. The van der Waals surface area contributed by atoms with Crippen molar-refractivity contribution in [2.24, 2.45) is 5.73 Å². The first-order chi connectivity index (χ1) is 8.61. The lowest BCUT2D eigenvalue weighted by atomic mass is 10.1. The van der Waals surface area contributed by atoms with Crippen LogP contribution in [0, 0.1) is 0 Å². The van der Waals surface area contributed by atoms with Crippen molar-refractivity contribution in [1.82, 2.24) is 0 Å². The number of carboxylic acid groups (broad SMARTS) is 1. The molecule has 98 valence electrons. The molecular formula is C12H15NO4S. The predicted octanol–water partition coefficient (Wildman–Crippen LogP) is 1.27. The Balaban J connectivity index is 2.19. The summed E-state index contributed by atoms with van der Waals surface area (Å²) in [7, 11) is 1.52. The number of thioether (sulfide) groups is 1. The summed E-state index contributed by atoms with van der Waals surface area (Å²) in [5.41, 5.74) is 6.05. The van der Waals surface area contributed by atoms with Crippen LogP contribution >= 0.6 is 11.8 Å². The maximum atomic E-state index is 10.8. The molecule has 1 aliphatic heterocycles. The highest BCUT2D eigenvalue weighted by Crippen LogP contribution is 2.33. The minimum absolute atomic E-state index is 0.211. The van der Waals surface area contributed by atoms with Gasteiger partial charge >= 0.3 is 5.97 Å². The van der Waals surface area contributed by atoms with Crippen molar-refractivity contribution in [2.45, 2.75) is 12.1 Å². The lowest BCUT2D eigenvalue weighted by Gasteiger charge is -2.26. The van der Waals surface area contributed by atoms with E-state index in [2.05, 4.69) is 0 Å². The third kappa shape index (κ3) is 2.70. The van der Waals surface area contributed by atoms with Crippen molar-refractivity contribution in [3.63, 3.8) is 0 Å². The van der Waals surface area contributed by atoms with Gasteiger partial charge in [0.15, 0.2) is 11.5 Å². The van der Waals surface area contributed by atoms with Crippen molar-refractivity contribution < 1.29 is 19.4 Å². The van der Waals surface area contributed by atoms with Crippen molar-refractivity contribution >= 4 is 17.7 Å². The average Bonchev–Trinajstić information content (AvgIpc) is 2.32. The summed E-state index contributed by atoms with van der Waals surface area (Å²) in [6, 6.07) is 3.93. The molecule has 0 saturated carbocycles. The molecule has 1 aromatic rings. The van der Waals surface area contributed by atoms with E-state index in [4.69, 9.17) is 20.3 Å². The summed E-state index contributed by atoms with van der Waals surface area (Å²) in [6.45, 7) is 0. The number of aliphatic carboxylic acids is 1. The molecular weight excluding hydrogens is 254 g/mol. The Morgan fingerprint density at radius 3 is 2.72 bits per heavy atom. The molecule has 3 N–H and O–H groups in total. The van der Waals surface area contributed by atoms with Gasteiger partial charge in [-0.1, -0.05) is 6.07 Å². The van der Waals surface area contributed by atoms with Crippen molar-refractivity contribution in [3.8, 4) is 11.5 Å². The molecule has 0 aliphatic carbocycles. The average molecular weight is 269 g/mol. The van der Waals surface area contributed by atoms with Crippen molar-refractivity contribution in [3.05, 3.63) is 23.8 Å². The van der Waals surface area contributed by atoms with Gasteiger partial charge in [0.25, 0.3) is 0 Å². The molecule has 1 heterocycles. The molecule has 1 fully saturated rings. The predicted molar refractivity (Wildman–Crippen MR) is 69.3 cm³/mol. The second-order valence-electron chi connectivity index (χ2n) is 4.00. The van der Waals surface area contributed by atoms with E-state index in [-0.39, 0.29) is 6.10 Å². The Bertz CT molecular complexity index is 448. The number of ether oxygens (including phenoxy) is 2. The van der Waals surface area contributed by atoms with Gasteiger partial charge in [-0.15, -0.1) is 0 Å². The highest BCUT2D eigenvalue weighted by atomic mass is 32.2. The van der Waals surface area contributed by atoms with Crippen LogP contribution in [0.2, 0.25) is 0 Å². The normalized spacial score (nSPS) is 16.8. The number of hydrogen-bond donors (Lipinski definition) is 2. The first-order valence-electron chi connectivity index (χ1n) is 5.52. The Hall–Kier alpha value is -1.40. The maximum Gasteiger partial charge on any atom is 0.325 e. The van der Waals surface area contributed by atoms with Gasteiger partial charge in [-0.2, -0.15) is 11.8 Å². The lowest BCUT2D eigenvalue weighted by Crippen LogP contribution is -2.31. The van der Waals surface area contributed by atoms with Crippen LogP contribution in [-0.4, -0.2) is 35.8 Å². The van der Waals surface area contributed by atoms with Crippen LogP contribution in [0.15, 0.2) is 18.2 Å². The number of rotatable bonds is 5. The third-order valence-corrected chi connectivity index (χ3v) is 3.93.